The SMILES string of the molecule is COc1cccc(C(=O)Oc2ccc(C(=O)Nc3ccc(C)cc3)cc2)c1. The number of methoxy groups -OCH3 is 1. The van der Waals surface area contributed by atoms with Crippen molar-refractivity contribution < 1.29 is 19.1 Å². The smallest absolute Gasteiger partial charge is 0.343 e. The second-order valence-corrected chi connectivity index (χ2v) is 5.97. The van der Waals surface area contributed by atoms with Gasteiger partial charge in [-0.1, -0.05) is 23.8 Å². The third-order valence-corrected chi connectivity index (χ3v) is 3.94. The topological polar surface area (TPSA) is 64.6 Å². The molecule has 0 aliphatic heterocycles. The molecule has 0 saturated carbocycles. The molecule has 1 amide bonds. The second-order valence-electron chi connectivity index (χ2n) is 5.97. The summed E-state index contributed by atoms with van der Waals surface area (Å²) in [6, 6.07) is 20.6. The average molecular weight is 361 g/mol. The Bertz CT molecular complexity index is 947. The van der Waals surface area contributed by atoms with Crippen LogP contribution in [0.5, 0.6) is 11.5 Å². The summed E-state index contributed by atoms with van der Waals surface area (Å²) in [5.41, 5.74) is 2.70. The van der Waals surface area contributed by atoms with Gasteiger partial charge in [-0.2, -0.15) is 0 Å². The fourth-order valence-electron chi connectivity index (χ4n) is 2.43. The van der Waals surface area contributed by atoms with Crippen molar-refractivity contribution in [1.82, 2.24) is 0 Å². The number of carbonyl (C=O) groups is 2. The van der Waals surface area contributed by atoms with Crippen LogP contribution in [0.25, 0.3) is 0 Å². The van der Waals surface area contributed by atoms with Crippen molar-refractivity contribution in [3.05, 3.63) is 89.5 Å². The predicted molar refractivity (Wildman–Crippen MR) is 104 cm³/mol. The first-order valence-corrected chi connectivity index (χ1v) is 8.39. The van der Waals surface area contributed by atoms with Gasteiger partial charge in [0.15, 0.2) is 0 Å². The summed E-state index contributed by atoms with van der Waals surface area (Å²) in [6.07, 6.45) is 0. The number of ether oxygens (including phenoxy) is 2. The Labute approximate surface area is 157 Å². The Hall–Kier alpha value is -3.60. The molecular weight excluding hydrogens is 342 g/mol. The van der Waals surface area contributed by atoms with Crippen molar-refractivity contribution in [2.45, 2.75) is 6.92 Å². The number of carbonyl (C=O) groups excluding carboxylic acids is 2. The maximum Gasteiger partial charge on any atom is 0.343 e. The molecule has 0 fully saturated rings. The van der Waals surface area contributed by atoms with Gasteiger partial charge >= 0.3 is 5.97 Å². The molecule has 0 radical (unpaired) electrons. The van der Waals surface area contributed by atoms with E-state index < -0.39 is 5.97 Å². The lowest BCUT2D eigenvalue weighted by atomic mass is 10.2. The Morgan fingerprint density at radius 3 is 2.19 bits per heavy atom. The molecule has 1 N–H and O–H groups in total. The first-order valence-electron chi connectivity index (χ1n) is 8.39. The Morgan fingerprint density at radius 1 is 0.815 bits per heavy atom. The van der Waals surface area contributed by atoms with Gasteiger partial charge in [-0.15, -0.1) is 0 Å². The van der Waals surface area contributed by atoms with Crippen molar-refractivity contribution in [3.63, 3.8) is 0 Å². The molecule has 0 heterocycles. The maximum atomic E-state index is 12.3. The third kappa shape index (κ3) is 4.73. The summed E-state index contributed by atoms with van der Waals surface area (Å²) in [7, 11) is 1.53. The van der Waals surface area contributed by atoms with E-state index >= 15 is 0 Å². The molecule has 0 unspecified atom stereocenters. The molecular formula is C22H19NO4. The zero-order valence-electron chi connectivity index (χ0n) is 15.1. The minimum atomic E-state index is -0.495. The number of hydrogen-bond acceptors (Lipinski definition) is 4. The number of nitrogens with one attached hydrogen (secondary N) is 1. The summed E-state index contributed by atoms with van der Waals surface area (Å²) in [5.74, 6) is 0.206. The van der Waals surface area contributed by atoms with Crippen LogP contribution < -0.4 is 14.8 Å². The molecule has 0 bridgehead atoms. The number of esters is 1. The van der Waals surface area contributed by atoms with E-state index in [2.05, 4.69) is 5.32 Å². The molecule has 27 heavy (non-hydrogen) atoms. The Morgan fingerprint density at radius 2 is 1.52 bits per heavy atom. The van der Waals surface area contributed by atoms with Gasteiger partial charge in [0.05, 0.1) is 12.7 Å². The van der Waals surface area contributed by atoms with Gasteiger partial charge in [-0.3, -0.25) is 4.79 Å². The number of benzene rings is 3. The van der Waals surface area contributed by atoms with E-state index in [1.807, 2.05) is 31.2 Å². The zero-order chi connectivity index (χ0) is 19.2. The largest absolute Gasteiger partial charge is 0.497 e. The minimum absolute atomic E-state index is 0.232. The highest BCUT2D eigenvalue weighted by Gasteiger charge is 2.11. The maximum absolute atomic E-state index is 12.3. The summed E-state index contributed by atoms with van der Waals surface area (Å²) in [6.45, 7) is 1.98. The molecule has 0 atom stereocenters. The number of rotatable bonds is 5. The number of anilines is 1. The number of aryl methyl sites for hydroxylation is 1. The molecule has 3 rings (SSSR count). The lowest BCUT2D eigenvalue weighted by molar-refractivity contribution is 0.0734. The first kappa shape index (κ1) is 18.2. The second kappa shape index (κ2) is 8.19. The van der Waals surface area contributed by atoms with E-state index in [9.17, 15) is 9.59 Å². The van der Waals surface area contributed by atoms with Crippen molar-refractivity contribution in [2.24, 2.45) is 0 Å². The van der Waals surface area contributed by atoms with Gasteiger partial charge in [0.1, 0.15) is 11.5 Å². The monoisotopic (exact) mass is 361 g/mol. The van der Waals surface area contributed by atoms with E-state index in [-0.39, 0.29) is 5.91 Å². The van der Waals surface area contributed by atoms with Crippen LogP contribution in [0.15, 0.2) is 72.8 Å². The van der Waals surface area contributed by atoms with Crippen LogP contribution in [0.3, 0.4) is 0 Å². The third-order valence-electron chi connectivity index (χ3n) is 3.94. The lowest BCUT2D eigenvalue weighted by Gasteiger charge is -2.08. The van der Waals surface area contributed by atoms with E-state index in [1.54, 1.807) is 48.5 Å². The van der Waals surface area contributed by atoms with E-state index in [4.69, 9.17) is 9.47 Å². The highest BCUT2D eigenvalue weighted by atomic mass is 16.5. The highest BCUT2D eigenvalue weighted by Crippen LogP contribution is 2.18. The normalized spacial score (nSPS) is 10.1. The van der Waals surface area contributed by atoms with Crippen LogP contribution in [0, 0.1) is 6.92 Å². The fourth-order valence-corrected chi connectivity index (χ4v) is 2.43. The van der Waals surface area contributed by atoms with Gasteiger partial charge in [0.2, 0.25) is 0 Å². The van der Waals surface area contributed by atoms with Gasteiger partial charge in [-0.05, 0) is 61.5 Å². The Kier molecular flexibility index (Phi) is 5.52. The summed E-state index contributed by atoms with van der Waals surface area (Å²) < 4.78 is 10.4. The van der Waals surface area contributed by atoms with Gasteiger partial charge in [0.25, 0.3) is 5.91 Å². The van der Waals surface area contributed by atoms with E-state index in [1.165, 1.54) is 7.11 Å². The van der Waals surface area contributed by atoms with Crippen LogP contribution in [0.4, 0.5) is 5.69 Å². The molecule has 0 saturated heterocycles. The number of hydrogen-bond donors (Lipinski definition) is 1. The summed E-state index contributed by atoms with van der Waals surface area (Å²) in [5, 5.41) is 2.82. The van der Waals surface area contributed by atoms with Gasteiger partial charge < -0.3 is 14.8 Å². The first-order chi connectivity index (χ1) is 13.0. The molecule has 0 aliphatic rings. The summed E-state index contributed by atoms with van der Waals surface area (Å²) in [4.78, 5) is 24.5. The van der Waals surface area contributed by atoms with Crippen LogP contribution in [0.1, 0.15) is 26.3 Å². The van der Waals surface area contributed by atoms with Crippen molar-refractivity contribution in [3.8, 4) is 11.5 Å². The van der Waals surface area contributed by atoms with Crippen molar-refractivity contribution in [2.75, 3.05) is 12.4 Å². The lowest BCUT2D eigenvalue weighted by Crippen LogP contribution is -2.12. The molecule has 136 valence electrons. The van der Waals surface area contributed by atoms with E-state index in [0.29, 0.717) is 22.6 Å². The summed E-state index contributed by atoms with van der Waals surface area (Å²) >= 11 is 0. The van der Waals surface area contributed by atoms with Crippen molar-refractivity contribution >= 4 is 17.6 Å². The quantitative estimate of drug-likeness (QED) is 0.538. The van der Waals surface area contributed by atoms with Crippen LogP contribution in [-0.4, -0.2) is 19.0 Å². The van der Waals surface area contributed by atoms with Crippen LogP contribution in [-0.2, 0) is 0 Å². The standard InChI is InChI=1S/C22H19NO4/c1-15-6-10-18(11-7-15)23-21(24)16-8-12-19(13-9-16)27-22(25)17-4-3-5-20(14-17)26-2/h3-14H,1-2H3,(H,23,24). The average Bonchev–Trinajstić information content (AvgIpc) is 2.70. The van der Waals surface area contributed by atoms with Gasteiger partial charge in [0, 0.05) is 11.3 Å². The molecule has 0 aliphatic carbocycles. The van der Waals surface area contributed by atoms with Crippen LogP contribution in [0.2, 0.25) is 0 Å². The van der Waals surface area contributed by atoms with Crippen LogP contribution >= 0.6 is 0 Å². The Balaban J connectivity index is 1.64. The number of amides is 1. The van der Waals surface area contributed by atoms with Gasteiger partial charge in [-0.25, -0.2) is 4.79 Å². The van der Waals surface area contributed by atoms with E-state index in [0.717, 1.165) is 11.3 Å². The molecule has 0 spiro atoms. The van der Waals surface area contributed by atoms with Crippen molar-refractivity contribution in [1.29, 1.82) is 0 Å². The molecule has 0 aromatic heterocycles. The minimum Gasteiger partial charge on any atom is -0.497 e. The highest BCUT2D eigenvalue weighted by molar-refractivity contribution is 6.04. The molecule has 3 aromatic carbocycles. The predicted octanol–water partition coefficient (Wildman–Crippen LogP) is 4.48. The molecule has 3 aromatic rings. The molecule has 5 heteroatoms. The zero-order valence-corrected chi connectivity index (χ0v) is 15.1. The molecule has 5 nitrogen and oxygen atoms in total. The fraction of sp³-hybridized carbons (Fsp3) is 0.0909.